The summed E-state index contributed by atoms with van der Waals surface area (Å²) in [6, 6.07) is 11.1. The van der Waals surface area contributed by atoms with Crippen LogP contribution in [0.1, 0.15) is 11.1 Å². The second kappa shape index (κ2) is 6.68. The lowest BCUT2D eigenvalue weighted by atomic mass is 10.1. The summed E-state index contributed by atoms with van der Waals surface area (Å²) < 4.78 is 56.9. The third kappa shape index (κ3) is 3.24. The number of aryl methyl sites for hydroxylation is 2. The molecule has 0 spiro atoms. The quantitative estimate of drug-likeness (QED) is 0.775. The second-order valence-electron chi connectivity index (χ2n) is 6.41. The van der Waals surface area contributed by atoms with E-state index in [1.165, 1.54) is 23.5 Å². The largest absolute Gasteiger partial charge is 0.497 e. The molecule has 0 N–H and O–H groups in total. The van der Waals surface area contributed by atoms with E-state index in [2.05, 4.69) is 0 Å². The maximum atomic E-state index is 12.7. The summed E-state index contributed by atoms with van der Waals surface area (Å²) in [4.78, 5) is 0.368. The van der Waals surface area contributed by atoms with Crippen molar-refractivity contribution < 1.29 is 21.6 Å². The maximum absolute atomic E-state index is 12.7. The Morgan fingerprint density at radius 3 is 2.00 bits per heavy atom. The van der Waals surface area contributed by atoms with Crippen LogP contribution in [-0.2, 0) is 19.9 Å². The molecule has 1 fully saturated rings. The van der Waals surface area contributed by atoms with Crippen LogP contribution in [0.25, 0.3) is 0 Å². The van der Waals surface area contributed by atoms with Gasteiger partial charge in [0.2, 0.25) is 10.0 Å². The van der Waals surface area contributed by atoms with Gasteiger partial charge in [0.15, 0.2) is 9.84 Å². The molecule has 2 aromatic carbocycles. The van der Waals surface area contributed by atoms with Gasteiger partial charge in [-0.15, -0.1) is 0 Å². The first-order valence-electron chi connectivity index (χ1n) is 8.11. The highest BCUT2D eigenvalue weighted by Crippen LogP contribution is 2.30. The zero-order valence-corrected chi connectivity index (χ0v) is 16.5. The van der Waals surface area contributed by atoms with E-state index in [0.29, 0.717) is 5.75 Å². The minimum absolute atomic E-state index is 0.0381. The van der Waals surface area contributed by atoms with E-state index >= 15 is 0 Å². The summed E-state index contributed by atoms with van der Waals surface area (Å²) in [5.41, 5.74) is 1.89. The van der Waals surface area contributed by atoms with E-state index in [9.17, 15) is 16.8 Å². The van der Waals surface area contributed by atoms with Gasteiger partial charge < -0.3 is 4.74 Å². The van der Waals surface area contributed by atoms with Crippen LogP contribution in [-0.4, -0.2) is 46.6 Å². The summed E-state index contributed by atoms with van der Waals surface area (Å²) in [7, 11) is -5.75. The van der Waals surface area contributed by atoms with Crippen molar-refractivity contribution in [2.24, 2.45) is 0 Å². The van der Waals surface area contributed by atoms with Gasteiger partial charge in [0.1, 0.15) is 5.75 Å². The molecule has 0 bridgehead atoms. The Kier molecular flexibility index (Phi) is 4.85. The Labute approximate surface area is 154 Å². The van der Waals surface area contributed by atoms with Crippen molar-refractivity contribution in [2.45, 2.75) is 28.9 Å². The van der Waals surface area contributed by atoms with Crippen molar-refractivity contribution in [1.29, 1.82) is 0 Å². The molecule has 2 aromatic rings. The normalized spacial score (nSPS) is 16.3. The smallest absolute Gasteiger partial charge is 0.243 e. The van der Waals surface area contributed by atoms with Crippen LogP contribution in [0, 0.1) is 13.8 Å². The Balaban J connectivity index is 1.77. The average molecular weight is 396 g/mol. The van der Waals surface area contributed by atoms with Crippen molar-refractivity contribution >= 4 is 19.9 Å². The zero-order chi connectivity index (χ0) is 19.1. The van der Waals surface area contributed by atoms with Gasteiger partial charge in [-0.2, -0.15) is 4.31 Å². The highest BCUT2D eigenvalue weighted by molar-refractivity contribution is 7.92. The predicted molar refractivity (Wildman–Crippen MR) is 98.6 cm³/mol. The number of benzene rings is 2. The molecule has 6 nitrogen and oxygen atoms in total. The van der Waals surface area contributed by atoms with Crippen molar-refractivity contribution in [3.05, 3.63) is 53.6 Å². The molecular formula is C18H21NO5S2. The Bertz CT molecular complexity index is 1020. The average Bonchev–Trinajstić information content (AvgIpc) is 2.55. The lowest BCUT2D eigenvalue weighted by Crippen LogP contribution is -2.56. The summed E-state index contributed by atoms with van der Waals surface area (Å²) in [5.74, 6) is 0.566. The Morgan fingerprint density at radius 2 is 1.46 bits per heavy atom. The maximum Gasteiger partial charge on any atom is 0.243 e. The first kappa shape index (κ1) is 18.9. The topological polar surface area (TPSA) is 80.8 Å². The highest BCUT2D eigenvalue weighted by Gasteiger charge is 2.44. The number of hydrogen-bond acceptors (Lipinski definition) is 5. The van der Waals surface area contributed by atoms with Crippen LogP contribution < -0.4 is 4.74 Å². The number of sulfone groups is 1. The van der Waals surface area contributed by atoms with Gasteiger partial charge in [-0.1, -0.05) is 6.07 Å². The Morgan fingerprint density at radius 1 is 0.885 bits per heavy atom. The van der Waals surface area contributed by atoms with Gasteiger partial charge >= 0.3 is 0 Å². The lowest BCUT2D eigenvalue weighted by molar-refractivity contribution is 0.309. The standard InChI is InChI=1S/C18H21NO5S2/c1-13-4-7-17(10-14(13)2)26(22,23)19-11-18(12-19)25(20,21)16-8-5-15(24-3)6-9-16/h4-10,18H,11-12H2,1-3H3. The van der Waals surface area contributed by atoms with Crippen LogP contribution in [0.4, 0.5) is 0 Å². The molecule has 0 saturated carbocycles. The van der Waals surface area contributed by atoms with Crippen LogP contribution in [0.5, 0.6) is 5.75 Å². The summed E-state index contributed by atoms with van der Waals surface area (Å²) in [6.45, 7) is 3.68. The van der Waals surface area contributed by atoms with E-state index in [4.69, 9.17) is 4.74 Å². The zero-order valence-electron chi connectivity index (χ0n) is 14.8. The van der Waals surface area contributed by atoms with Gasteiger partial charge in [0.05, 0.1) is 22.2 Å². The number of nitrogens with zero attached hydrogens (tertiary/aromatic N) is 1. The number of hydrogen-bond donors (Lipinski definition) is 0. The van der Waals surface area contributed by atoms with Crippen molar-refractivity contribution in [3.63, 3.8) is 0 Å². The third-order valence-electron chi connectivity index (χ3n) is 4.76. The van der Waals surface area contributed by atoms with Gasteiger partial charge in [-0.05, 0) is 61.4 Å². The molecule has 3 rings (SSSR count). The van der Waals surface area contributed by atoms with E-state index in [1.807, 2.05) is 13.8 Å². The van der Waals surface area contributed by atoms with Crippen molar-refractivity contribution in [2.75, 3.05) is 20.2 Å². The van der Waals surface area contributed by atoms with E-state index in [1.54, 1.807) is 30.3 Å². The van der Waals surface area contributed by atoms with Crippen molar-refractivity contribution in [3.8, 4) is 5.75 Å². The molecule has 0 aromatic heterocycles. The lowest BCUT2D eigenvalue weighted by Gasteiger charge is -2.37. The van der Waals surface area contributed by atoms with Gasteiger partial charge in [0, 0.05) is 13.1 Å². The van der Waals surface area contributed by atoms with Crippen molar-refractivity contribution in [1.82, 2.24) is 4.31 Å². The monoisotopic (exact) mass is 395 g/mol. The number of methoxy groups -OCH3 is 1. The number of rotatable bonds is 5. The third-order valence-corrected chi connectivity index (χ3v) is 8.69. The van der Waals surface area contributed by atoms with E-state index < -0.39 is 25.1 Å². The molecule has 8 heteroatoms. The molecule has 0 aliphatic carbocycles. The van der Waals surface area contributed by atoms with Gasteiger partial charge in [0.25, 0.3) is 0 Å². The molecule has 1 aliphatic rings. The number of sulfonamides is 1. The first-order valence-corrected chi connectivity index (χ1v) is 11.1. The van der Waals surface area contributed by atoms with Crippen LogP contribution in [0.15, 0.2) is 52.3 Å². The molecular weight excluding hydrogens is 374 g/mol. The first-order chi connectivity index (χ1) is 12.2. The number of ether oxygens (including phenoxy) is 1. The summed E-state index contributed by atoms with van der Waals surface area (Å²) in [5, 5.41) is -0.739. The fourth-order valence-corrected chi connectivity index (χ4v) is 6.23. The van der Waals surface area contributed by atoms with E-state index in [0.717, 1.165) is 11.1 Å². The fraction of sp³-hybridized carbons (Fsp3) is 0.333. The van der Waals surface area contributed by atoms with Gasteiger partial charge in [-0.3, -0.25) is 0 Å². The van der Waals surface area contributed by atoms with E-state index in [-0.39, 0.29) is 22.9 Å². The molecule has 1 saturated heterocycles. The minimum Gasteiger partial charge on any atom is -0.497 e. The Hall–Kier alpha value is -1.90. The van der Waals surface area contributed by atoms with Crippen LogP contribution in [0.2, 0.25) is 0 Å². The predicted octanol–water partition coefficient (Wildman–Crippen LogP) is 2.16. The van der Waals surface area contributed by atoms with Crippen LogP contribution >= 0.6 is 0 Å². The fourth-order valence-electron chi connectivity index (χ4n) is 2.77. The molecule has 0 radical (unpaired) electrons. The molecule has 0 atom stereocenters. The second-order valence-corrected chi connectivity index (χ2v) is 10.6. The minimum atomic E-state index is -3.68. The van der Waals surface area contributed by atoms with Crippen LogP contribution in [0.3, 0.4) is 0 Å². The molecule has 0 unspecified atom stereocenters. The molecule has 26 heavy (non-hydrogen) atoms. The summed E-state index contributed by atoms with van der Waals surface area (Å²) in [6.07, 6.45) is 0. The molecule has 1 heterocycles. The van der Waals surface area contributed by atoms with Gasteiger partial charge in [-0.25, -0.2) is 16.8 Å². The molecule has 140 valence electrons. The molecule has 1 aliphatic heterocycles. The molecule has 0 amide bonds. The summed E-state index contributed by atoms with van der Waals surface area (Å²) >= 11 is 0. The SMILES string of the molecule is COc1ccc(S(=O)(=O)C2CN(S(=O)(=O)c3ccc(C)c(C)c3)C2)cc1. The highest BCUT2D eigenvalue weighted by atomic mass is 32.2.